The number of aryl methyl sites for hydroxylation is 2. The van der Waals surface area contributed by atoms with Crippen molar-refractivity contribution in [3.63, 3.8) is 0 Å². The molecule has 0 aliphatic carbocycles. The topological polar surface area (TPSA) is 38.7 Å². The normalized spacial score (nSPS) is 9.00. The average Bonchev–Trinajstić information content (AvgIpc) is 2.27. The maximum atomic E-state index is 12.4. The molecule has 3 nitrogen and oxygen atoms in total. The van der Waals surface area contributed by atoms with Crippen molar-refractivity contribution in [2.75, 3.05) is 0 Å². The summed E-state index contributed by atoms with van der Waals surface area (Å²) in [7, 11) is 0. The summed E-state index contributed by atoms with van der Waals surface area (Å²) in [5.74, 6) is 0.259. The van der Waals surface area contributed by atoms with Gasteiger partial charge in [0, 0.05) is 12.4 Å². The van der Waals surface area contributed by atoms with Gasteiger partial charge in [0.1, 0.15) is 5.82 Å². The van der Waals surface area contributed by atoms with Crippen molar-refractivity contribution in [2.45, 2.75) is 13.8 Å². The van der Waals surface area contributed by atoms with Crippen molar-refractivity contribution < 1.29 is 4.39 Å². The first kappa shape index (κ1) is 11.2. The Kier molecular flexibility index (Phi) is 4.34. The molecule has 2 aromatic heterocycles. The lowest BCUT2D eigenvalue weighted by Crippen LogP contribution is -1.93. The number of hydrogen-bond donors (Lipinski definition) is 0. The third kappa shape index (κ3) is 4.26. The van der Waals surface area contributed by atoms with Gasteiger partial charge in [0.25, 0.3) is 0 Å². The van der Waals surface area contributed by atoms with Gasteiger partial charge in [-0.2, -0.15) is 0 Å². The van der Waals surface area contributed by atoms with Crippen LogP contribution in [-0.2, 0) is 0 Å². The molecule has 2 heterocycles. The zero-order chi connectivity index (χ0) is 11.1. The number of pyridine rings is 1. The van der Waals surface area contributed by atoms with Gasteiger partial charge in [-0.1, -0.05) is 6.07 Å². The van der Waals surface area contributed by atoms with E-state index in [0.29, 0.717) is 11.5 Å². The number of aromatic nitrogens is 3. The van der Waals surface area contributed by atoms with Crippen molar-refractivity contribution >= 4 is 0 Å². The third-order valence-electron chi connectivity index (χ3n) is 1.61. The molecule has 0 spiro atoms. The molecule has 0 atom stereocenters. The first-order chi connectivity index (χ1) is 7.20. The van der Waals surface area contributed by atoms with Gasteiger partial charge in [-0.25, -0.2) is 14.4 Å². The van der Waals surface area contributed by atoms with E-state index in [-0.39, 0.29) is 5.82 Å². The van der Waals surface area contributed by atoms with Gasteiger partial charge < -0.3 is 0 Å². The summed E-state index contributed by atoms with van der Waals surface area (Å²) in [6.45, 7) is 3.34. The predicted octanol–water partition coefficient (Wildman–Crippen LogP) is 2.31. The lowest BCUT2D eigenvalue weighted by molar-refractivity contribution is 0.598. The van der Waals surface area contributed by atoms with Crippen LogP contribution in [0.25, 0.3) is 0 Å². The predicted molar refractivity (Wildman–Crippen MR) is 55.7 cm³/mol. The van der Waals surface area contributed by atoms with Crippen LogP contribution in [0.5, 0.6) is 0 Å². The standard InChI is InChI=1S/C6H7FN2.C5H5N/c1-4-6(7)3-8-5(2)9-4;1-2-4-6-5-3-1/h3H,1-2H3;1-5H. The maximum Gasteiger partial charge on any atom is 0.162 e. The van der Waals surface area contributed by atoms with Gasteiger partial charge in [0.15, 0.2) is 5.82 Å². The first-order valence-corrected chi connectivity index (χ1v) is 4.51. The number of rotatable bonds is 0. The third-order valence-corrected chi connectivity index (χ3v) is 1.61. The van der Waals surface area contributed by atoms with Crippen LogP contribution in [-0.4, -0.2) is 15.0 Å². The fourth-order valence-corrected chi connectivity index (χ4v) is 0.881. The lowest BCUT2D eigenvalue weighted by atomic mass is 10.4. The molecule has 0 saturated carbocycles. The van der Waals surface area contributed by atoms with Crippen LogP contribution in [0.4, 0.5) is 4.39 Å². The van der Waals surface area contributed by atoms with E-state index < -0.39 is 0 Å². The molecule has 0 bridgehead atoms. The first-order valence-electron chi connectivity index (χ1n) is 4.51. The van der Waals surface area contributed by atoms with E-state index in [0.717, 1.165) is 0 Å². The fraction of sp³-hybridized carbons (Fsp3) is 0.182. The summed E-state index contributed by atoms with van der Waals surface area (Å²) >= 11 is 0. The van der Waals surface area contributed by atoms with Crippen LogP contribution in [0.3, 0.4) is 0 Å². The fourth-order valence-electron chi connectivity index (χ4n) is 0.881. The molecule has 0 aromatic carbocycles. The quantitative estimate of drug-likeness (QED) is 0.662. The Bertz CT molecular complexity index is 377. The minimum Gasteiger partial charge on any atom is -0.265 e. The van der Waals surface area contributed by atoms with E-state index in [4.69, 9.17) is 0 Å². The highest BCUT2D eigenvalue weighted by Crippen LogP contribution is 1.98. The SMILES string of the molecule is Cc1ncc(F)c(C)n1.c1ccncc1. The van der Waals surface area contributed by atoms with E-state index in [1.54, 1.807) is 26.2 Å². The van der Waals surface area contributed by atoms with Gasteiger partial charge in [-0.05, 0) is 26.0 Å². The largest absolute Gasteiger partial charge is 0.265 e. The number of hydrogen-bond acceptors (Lipinski definition) is 3. The van der Waals surface area contributed by atoms with Crippen LogP contribution in [0.15, 0.2) is 36.8 Å². The molecule has 2 aromatic rings. The summed E-state index contributed by atoms with van der Waals surface area (Å²) in [4.78, 5) is 11.2. The maximum absolute atomic E-state index is 12.4. The molecule has 4 heteroatoms. The van der Waals surface area contributed by atoms with E-state index >= 15 is 0 Å². The van der Waals surface area contributed by atoms with Crippen molar-refractivity contribution in [2.24, 2.45) is 0 Å². The van der Waals surface area contributed by atoms with Crippen LogP contribution in [0.2, 0.25) is 0 Å². The Hall–Kier alpha value is -1.84. The molecule has 0 radical (unpaired) electrons. The minimum atomic E-state index is -0.347. The van der Waals surface area contributed by atoms with E-state index in [1.165, 1.54) is 6.20 Å². The number of halogens is 1. The van der Waals surface area contributed by atoms with Gasteiger partial charge in [0.2, 0.25) is 0 Å². The molecular formula is C11H12FN3. The Balaban J connectivity index is 0.000000162. The van der Waals surface area contributed by atoms with E-state index in [9.17, 15) is 4.39 Å². The second-order valence-corrected chi connectivity index (χ2v) is 2.88. The molecule has 0 N–H and O–H groups in total. The summed E-state index contributed by atoms with van der Waals surface area (Å²) < 4.78 is 12.4. The Morgan fingerprint density at radius 2 is 1.73 bits per heavy atom. The molecule has 0 unspecified atom stereocenters. The number of nitrogens with zero attached hydrogens (tertiary/aromatic N) is 3. The molecule has 15 heavy (non-hydrogen) atoms. The summed E-state index contributed by atoms with van der Waals surface area (Å²) in [6.07, 6.45) is 4.68. The van der Waals surface area contributed by atoms with Crippen molar-refractivity contribution in [1.29, 1.82) is 0 Å². The minimum absolute atomic E-state index is 0.347. The van der Waals surface area contributed by atoms with Crippen LogP contribution >= 0.6 is 0 Å². The van der Waals surface area contributed by atoms with E-state index in [1.807, 2.05) is 18.2 Å². The Labute approximate surface area is 88.0 Å². The van der Waals surface area contributed by atoms with Crippen molar-refractivity contribution in [1.82, 2.24) is 15.0 Å². The summed E-state index contributed by atoms with van der Waals surface area (Å²) in [5.41, 5.74) is 0.405. The molecule has 78 valence electrons. The molecule has 2 rings (SSSR count). The van der Waals surface area contributed by atoms with Gasteiger partial charge in [-0.15, -0.1) is 0 Å². The van der Waals surface area contributed by atoms with Crippen molar-refractivity contribution in [3.8, 4) is 0 Å². The molecule has 0 amide bonds. The molecule has 0 aliphatic rings. The molecule has 0 saturated heterocycles. The van der Waals surface area contributed by atoms with E-state index in [2.05, 4.69) is 15.0 Å². The Morgan fingerprint density at radius 3 is 2.07 bits per heavy atom. The monoisotopic (exact) mass is 205 g/mol. The smallest absolute Gasteiger partial charge is 0.162 e. The highest BCUT2D eigenvalue weighted by Gasteiger charge is 1.96. The average molecular weight is 205 g/mol. The van der Waals surface area contributed by atoms with Crippen LogP contribution < -0.4 is 0 Å². The van der Waals surface area contributed by atoms with Crippen LogP contribution in [0.1, 0.15) is 11.5 Å². The van der Waals surface area contributed by atoms with Crippen molar-refractivity contribution in [3.05, 3.63) is 54.1 Å². The molecule has 0 aliphatic heterocycles. The summed E-state index contributed by atoms with van der Waals surface area (Å²) in [6, 6.07) is 5.72. The highest BCUT2D eigenvalue weighted by molar-refractivity contribution is 5.01. The lowest BCUT2D eigenvalue weighted by Gasteiger charge is -1.93. The zero-order valence-corrected chi connectivity index (χ0v) is 8.68. The Morgan fingerprint density at radius 1 is 1.07 bits per heavy atom. The highest BCUT2D eigenvalue weighted by atomic mass is 19.1. The second kappa shape index (κ2) is 5.80. The molecule has 0 fully saturated rings. The molecular weight excluding hydrogens is 193 g/mol. The van der Waals surface area contributed by atoms with Gasteiger partial charge >= 0.3 is 0 Å². The summed E-state index contributed by atoms with van der Waals surface area (Å²) in [5, 5.41) is 0. The van der Waals surface area contributed by atoms with Gasteiger partial charge in [-0.3, -0.25) is 4.98 Å². The van der Waals surface area contributed by atoms with Crippen LogP contribution in [0, 0.1) is 19.7 Å². The zero-order valence-electron chi connectivity index (χ0n) is 8.68. The second-order valence-electron chi connectivity index (χ2n) is 2.88. The van der Waals surface area contributed by atoms with Gasteiger partial charge in [0.05, 0.1) is 11.9 Å².